The van der Waals surface area contributed by atoms with Gasteiger partial charge >= 0.3 is 0 Å². The number of amides is 1. The van der Waals surface area contributed by atoms with Gasteiger partial charge in [-0.1, -0.05) is 45.2 Å². The summed E-state index contributed by atoms with van der Waals surface area (Å²) in [4.78, 5) is 36.7. The third kappa shape index (κ3) is 3.98. The Hall–Kier alpha value is -2.14. The Labute approximate surface area is 224 Å². The highest BCUT2D eigenvalue weighted by atomic mass is 35.5. The van der Waals surface area contributed by atoms with Gasteiger partial charge in [-0.25, -0.2) is 19.9 Å². The van der Waals surface area contributed by atoms with Gasteiger partial charge in [0.15, 0.2) is 14.1 Å². The van der Waals surface area contributed by atoms with Crippen molar-refractivity contribution in [3.05, 3.63) is 28.9 Å². The summed E-state index contributed by atoms with van der Waals surface area (Å²) in [5, 5.41) is 0.408. The summed E-state index contributed by atoms with van der Waals surface area (Å²) in [5.41, 5.74) is 0.659. The van der Waals surface area contributed by atoms with E-state index in [1.165, 1.54) is 0 Å². The molecule has 1 saturated carbocycles. The number of nitrogens with zero attached hydrogens (tertiary/aromatic N) is 6. The number of carbonyl (C=O) groups excluding carboxylic acids is 1. The average molecular weight is 543 g/mol. The fourth-order valence-electron chi connectivity index (χ4n) is 5.89. The predicted octanol–water partition coefficient (Wildman–Crippen LogP) is 4.91. The molecule has 2 unspecified atom stereocenters. The van der Waals surface area contributed by atoms with Crippen molar-refractivity contribution in [1.29, 1.82) is 0 Å². The lowest BCUT2D eigenvalue weighted by atomic mass is 9.81. The van der Waals surface area contributed by atoms with E-state index in [4.69, 9.17) is 25.7 Å². The third-order valence-electron chi connectivity index (χ3n) is 9.06. The standard InChI is InChI=1S/C26H35ClN6O3Si/c1-25(2,3)37(4,5)36-15-19-30-21(27)20-22(31-19)33(23(34)26(20)8-6-7-9-26)17-11-28-24(29-12-17)32-13-18-10-16(32)14-35-18/h11-12,16,18H,6-10,13-15H2,1-5H3. The van der Waals surface area contributed by atoms with Crippen molar-refractivity contribution >= 4 is 43.3 Å². The van der Waals surface area contributed by atoms with Gasteiger partial charge in [0.25, 0.3) is 0 Å². The van der Waals surface area contributed by atoms with E-state index in [9.17, 15) is 4.79 Å². The minimum absolute atomic E-state index is 0.0105. The van der Waals surface area contributed by atoms with Gasteiger partial charge in [-0.05, 0) is 37.4 Å². The van der Waals surface area contributed by atoms with E-state index >= 15 is 0 Å². The molecule has 4 aliphatic rings. The lowest BCUT2D eigenvalue weighted by molar-refractivity contribution is -0.122. The van der Waals surface area contributed by atoms with Crippen LogP contribution in [0.1, 0.15) is 64.3 Å². The summed E-state index contributed by atoms with van der Waals surface area (Å²) in [6.07, 6.45) is 8.16. The summed E-state index contributed by atoms with van der Waals surface area (Å²) >= 11 is 6.83. The van der Waals surface area contributed by atoms with E-state index in [1.54, 1.807) is 17.3 Å². The Morgan fingerprint density at radius 1 is 1.19 bits per heavy atom. The molecule has 9 nitrogen and oxygen atoms in total. The highest BCUT2D eigenvalue weighted by Gasteiger charge is 2.55. The van der Waals surface area contributed by atoms with Crippen molar-refractivity contribution in [3.8, 4) is 0 Å². The average Bonchev–Trinajstić information content (AvgIpc) is 3.63. The van der Waals surface area contributed by atoms with Crippen molar-refractivity contribution in [2.24, 2.45) is 0 Å². The zero-order valence-corrected chi connectivity index (χ0v) is 24.0. The molecule has 11 heteroatoms. The van der Waals surface area contributed by atoms with Crippen LogP contribution in [0.4, 0.5) is 17.5 Å². The number of carbonyl (C=O) groups is 1. The molecule has 0 N–H and O–H groups in total. The smallest absolute Gasteiger partial charge is 0.243 e. The number of ether oxygens (including phenoxy) is 1. The van der Waals surface area contributed by atoms with Crippen LogP contribution in [-0.2, 0) is 26.0 Å². The first-order valence-corrected chi connectivity index (χ1v) is 16.5. The number of hydrogen-bond acceptors (Lipinski definition) is 8. The molecule has 2 aromatic rings. The van der Waals surface area contributed by atoms with Crippen LogP contribution in [0, 0.1) is 0 Å². The van der Waals surface area contributed by atoms with Crippen LogP contribution in [0.2, 0.25) is 23.3 Å². The van der Waals surface area contributed by atoms with Crippen molar-refractivity contribution in [3.63, 3.8) is 0 Å². The fraction of sp³-hybridized carbons (Fsp3) is 0.654. The van der Waals surface area contributed by atoms with E-state index in [1.807, 2.05) is 0 Å². The highest BCUT2D eigenvalue weighted by molar-refractivity contribution is 6.74. The highest BCUT2D eigenvalue weighted by Crippen LogP contribution is 2.54. The van der Waals surface area contributed by atoms with Gasteiger partial charge < -0.3 is 14.1 Å². The largest absolute Gasteiger partial charge is 0.409 e. The minimum Gasteiger partial charge on any atom is -0.409 e. The Morgan fingerprint density at radius 3 is 2.49 bits per heavy atom. The van der Waals surface area contributed by atoms with Gasteiger partial charge in [-0.2, -0.15) is 0 Å². The molecule has 1 amide bonds. The predicted molar refractivity (Wildman–Crippen MR) is 144 cm³/mol. The molecule has 37 heavy (non-hydrogen) atoms. The van der Waals surface area contributed by atoms with Gasteiger partial charge in [0.1, 0.15) is 11.0 Å². The Morgan fingerprint density at radius 2 is 1.89 bits per heavy atom. The second kappa shape index (κ2) is 8.69. The molecule has 2 atom stereocenters. The van der Waals surface area contributed by atoms with Crippen molar-refractivity contribution in [2.45, 2.75) is 95.2 Å². The van der Waals surface area contributed by atoms with E-state index < -0.39 is 13.7 Å². The van der Waals surface area contributed by atoms with Gasteiger partial charge in [-0.15, -0.1) is 0 Å². The summed E-state index contributed by atoms with van der Waals surface area (Å²) in [5.74, 6) is 1.70. The molecule has 0 aromatic carbocycles. The molecule has 1 aliphatic carbocycles. The van der Waals surface area contributed by atoms with E-state index in [0.29, 0.717) is 41.1 Å². The maximum absolute atomic E-state index is 14.0. The molecule has 2 aromatic heterocycles. The van der Waals surface area contributed by atoms with Gasteiger partial charge in [0.2, 0.25) is 11.9 Å². The summed E-state index contributed by atoms with van der Waals surface area (Å²) in [6.45, 7) is 12.8. The lowest BCUT2D eigenvalue weighted by Crippen LogP contribution is -2.40. The molecule has 0 radical (unpaired) electrons. The number of rotatable bonds is 5. The molecule has 5 heterocycles. The van der Waals surface area contributed by atoms with Crippen molar-refractivity contribution in [2.75, 3.05) is 23.0 Å². The second-order valence-electron chi connectivity index (χ2n) is 12.3. The number of fused-ring (bicyclic) bond motifs is 4. The van der Waals surface area contributed by atoms with Gasteiger partial charge in [0, 0.05) is 12.1 Å². The van der Waals surface area contributed by atoms with Crippen LogP contribution in [0.25, 0.3) is 0 Å². The molecule has 6 rings (SSSR count). The normalized spacial score (nSPS) is 24.5. The first-order chi connectivity index (χ1) is 17.5. The maximum atomic E-state index is 14.0. The monoisotopic (exact) mass is 542 g/mol. The first kappa shape index (κ1) is 25.2. The van der Waals surface area contributed by atoms with Crippen LogP contribution < -0.4 is 9.80 Å². The molecule has 3 fully saturated rings. The molecule has 2 bridgehead atoms. The zero-order valence-electron chi connectivity index (χ0n) is 22.3. The topological polar surface area (TPSA) is 93.6 Å². The molecule has 3 aliphatic heterocycles. The van der Waals surface area contributed by atoms with Crippen molar-refractivity contribution < 1.29 is 14.0 Å². The second-order valence-corrected chi connectivity index (χ2v) is 17.5. The van der Waals surface area contributed by atoms with Crippen LogP contribution in [0.5, 0.6) is 0 Å². The maximum Gasteiger partial charge on any atom is 0.243 e. The summed E-state index contributed by atoms with van der Waals surface area (Å²) in [6, 6.07) is 0.321. The number of morpholine rings is 1. The lowest BCUT2D eigenvalue weighted by Gasteiger charge is -2.35. The minimum atomic E-state index is -2.02. The Kier molecular flexibility index (Phi) is 5.91. The number of halogens is 1. The van der Waals surface area contributed by atoms with Gasteiger partial charge in [-0.3, -0.25) is 9.69 Å². The van der Waals surface area contributed by atoms with Crippen LogP contribution in [-0.4, -0.2) is 59.5 Å². The number of anilines is 3. The zero-order chi connectivity index (χ0) is 26.2. The van der Waals surface area contributed by atoms with Crippen LogP contribution >= 0.6 is 11.6 Å². The third-order valence-corrected chi connectivity index (χ3v) is 13.8. The number of hydrogen-bond donors (Lipinski definition) is 0. The Bertz CT molecular complexity index is 1230. The van der Waals surface area contributed by atoms with Gasteiger partial charge in [0.05, 0.1) is 48.9 Å². The van der Waals surface area contributed by atoms with Crippen molar-refractivity contribution in [1.82, 2.24) is 19.9 Å². The Balaban J connectivity index is 1.35. The van der Waals surface area contributed by atoms with E-state index in [-0.39, 0.29) is 23.7 Å². The molecular weight excluding hydrogens is 508 g/mol. The van der Waals surface area contributed by atoms with Crippen LogP contribution in [0.3, 0.4) is 0 Å². The first-order valence-electron chi connectivity index (χ1n) is 13.3. The quantitative estimate of drug-likeness (QED) is 0.388. The van der Waals surface area contributed by atoms with E-state index in [0.717, 1.165) is 44.2 Å². The molecule has 2 saturated heterocycles. The van der Waals surface area contributed by atoms with Crippen LogP contribution in [0.15, 0.2) is 12.4 Å². The molecular formula is C26H35ClN6O3Si. The molecule has 198 valence electrons. The molecule has 1 spiro atoms. The fourth-order valence-corrected chi connectivity index (χ4v) is 7.17. The van der Waals surface area contributed by atoms with E-state index in [2.05, 4.69) is 53.7 Å². The summed E-state index contributed by atoms with van der Waals surface area (Å²) in [7, 11) is -2.02. The SMILES string of the molecule is CC(C)(C)[Si](C)(C)OCc1nc(Cl)c2c(n1)N(c1cnc(N3CC4CC3CO4)nc1)C(=O)C21CCCC1. The summed E-state index contributed by atoms with van der Waals surface area (Å²) < 4.78 is 12.1. The number of aromatic nitrogens is 4.